The van der Waals surface area contributed by atoms with E-state index >= 15 is 0 Å². The molecule has 0 saturated carbocycles. The highest BCUT2D eigenvalue weighted by atomic mass is 15.2. The summed E-state index contributed by atoms with van der Waals surface area (Å²) in [6.45, 7) is 5.51. The number of rotatable bonds is 4. The van der Waals surface area contributed by atoms with Gasteiger partial charge in [-0.1, -0.05) is 18.2 Å². The monoisotopic (exact) mass is 403 g/mol. The molecule has 1 N–H and O–H groups in total. The summed E-state index contributed by atoms with van der Waals surface area (Å²) in [6.07, 6.45) is 8.05. The molecular formula is C25H33N5. The van der Waals surface area contributed by atoms with Gasteiger partial charge in [0.1, 0.15) is 5.82 Å². The molecular weight excluding hydrogens is 370 g/mol. The minimum Gasteiger partial charge on any atom is -0.326 e. The molecule has 5 rings (SSSR count). The first kappa shape index (κ1) is 19.7. The number of imidazole rings is 1. The second-order valence-corrected chi connectivity index (χ2v) is 9.12. The average molecular weight is 404 g/mol. The summed E-state index contributed by atoms with van der Waals surface area (Å²) in [4.78, 5) is 12.5. The van der Waals surface area contributed by atoms with E-state index in [0.29, 0.717) is 18.0 Å². The van der Waals surface area contributed by atoms with Crippen LogP contribution in [0.4, 0.5) is 0 Å². The molecule has 2 aliphatic heterocycles. The predicted octanol–water partition coefficient (Wildman–Crippen LogP) is 4.64. The zero-order valence-electron chi connectivity index (χ0n) is 18.2. The quantitative estimate of drug-likeness (QED) is 0.689. The molecule has 2 fully saturated rings. The minimum atomic E-state index is 0.328. The van der Waals surface area contributed by atoms with Gasteiger partial charge in [-0.15, -0.1) is 0 Å². The Hall–Kier alpha value is -2.24. The number of likely N-dealkylation sites (tertiary alicyclic amines) is 1. The van der Waals surface area contributed by atoms with E-state index in [1.165, 1.54) is 41.9 Å². The van der Waals surface area contributed by atoms with Crippen LogP contribution in [0, 0.1) is 12.8 Å². The molecule has 1 aromatic carbocycles. The number of nitrogens with one attached hydrogen (secondary N) is 1. The molecule has 0 radical (unpaired) electrons. The number of hydrogen-bond donors (Lipinski definition) is 1. The van der Waals surface area contributed by atoms with Crippen LogP contribution in [-0.2, 0) is 6.54 Å². The topological polar surface area (TPSA) is 46.0 Å². The standard InChI is InChI=1S/C25H33N5/c1-18-8-6-15-27-24(18)22-12-5-13-23(29(22)2)25-28-20-10-3-4-11-21(20)30(25)17-19-9-7-14-26-16-19/h3-4,6,8,10-11,15,19,22-23,26H,5,7,9,12-14,16-17H2,1-2H3/t19?,22-,23+/m0/s1. The number of pyridine rings is 1. The van der Waals surface area contributed by atoms with E-state index in [4.69, 9.17) is 9.97 Å². The van der Waals surface area contributed by atoms with Crippen molar-refractivity contribution in [1.29, 1.82) is 0 Å². The van der Waals surface area contributed by atoms with Crippen molar-refractivity contribution in [2.75, 3.05) is 20.1 Å². The van der Waals surface area contributed by atoms with E-state index in [9.17, 15) is 0 Å². The Balaban J connectivity index is 1.51. The molecule has 3 aromatic rings. The predicted molar refractivity (Wildman–Crippen MR) is 121 cm³/mol. The van der Waals surface area contributed by atoms with Crippen LogP contribution in [0.1, 0.15) is 61.3 Å². The fraction of sp³-hybridized carbons (Fsp3) is 0.520. The van der Waals surface area contributed by atoms with Crippen LogP contribution >= 0.6 is 0 Å². The van der Waals surface area contributed by atoms with Gasteiger partial charge in [-0.2, -0.15) is 0 Å². The number of para-hydroxylation sites is 2. The molecule has 0 aliphatic carbocycles. The van der Waals surface area contributed by atoms with Crippen molar-refractivity contribution in [1.82, 2.24) is 24.8 Å². The van der Waals surface area contributed by atoms with Crippen molar-refractivity contribution in [3.63, 3.8) is 0 Å². The second-order valence-electron chi connectivity index (χ2n) is 9.12. The Morgan fingerprint density at radius 1 is 1.03 bits per heavy atom. The van der Waals surface area contributed by atoms with Gasteiger partial charge in [-0.3, -0.25) is 9.88 Å². The number of benzene rings is 1. The summed E-state index contributed by atoms with van der Waals surface area (Å²) in [5.41, 5.74) is 4.92. The Kier molecular flexibility index (Phi) is 5.57. The lowest BCUT2D eigenvalue weighted by molar-refractivity contribution is 0.103. The molecule has 5 nitrogen and oxygen atoms in total. The lowest BCUT2D eigenvalue weighted by Gasteiger charge is -2.39. The van der Waals surface area contributed by atoms with Crippen LogP contribution in [0.5, 0.6) is 0 Å². The second kappa shape index (κ2) is 8.48. The van der Waals surface area contributed by atoms with Gasteiger partial charge in [0.15, 0.2) is 0 Å². The molecule has 0 spiro atoms. The number of fused-ring (bicyclic) bond motifs is 1. The van der Waals surface area contributed by atoms with Crippen LogP contribution in [0.3, 0.4) is 0 Å². The highest BCUT2D eigenvalue weighted by Crippen LogP contribution is 2.41. The summed E-state index contributed by atoms with van der Waals surface area (Å²) in [5.74, 6) is 1.92. The third kappa shape index (κ3) is 3.65. The van der Waals surface area contributed by atoms with Gasteiger partial charge >= 0.3 is 0 Å². The van der Waals surface area contributed by atoms with Crippen molar-refractivity contribution >= 4 is 11.0 Å². The normalized spacial score (nSPS) is 25.6. The van der Waals surface area contributed by atoms with Gasteiger partial charge < -0.3 is 9.88 Å². The maximum atomic E-state index is 5.18. The first-order valence-corrected chi connectivity index (χ1v) is 11.5. The number of hydrogen-bond acceptors (Lipinski definition) is 4. The summed E-state index contributed by atoms with van der Waals surface area (Å²) >= 11 is 0. The molecule has 30 heavy (non-hydrogen) atoms. The van der Waals surface area contributed by atoms with Gasteiger partial charge in [0.2, 0.25) is 0 Å². The third-order valence-corrected chi connectivity index (χ3v) is 7.13. The van der Waals surface area contributed by atoms with Crippen molar-refractivity contribution in [2.45, 2.75) is 57.7 Å². The fourth-order valence-corrected chi connectivity index (χ4v) is 5.50. The van der Waals surface area contributed by atoms with Crippen molar-refractivity contribution in [3.05, 3.63) is 59.7 Å². The number of aromatic nitrogens is 3. The summed E-state index contributed by atoms with van der Waals surface area (Å²) in [5, 5.41) is 3.59. The molecule has 5 heteroatoms. The summed E-state index contributed by atoms with van der Waals surface area (Å²) < 4.78 is 2.53. The Bertz CT molecular complexity index is 1000. The van der Waals surface area contributed by atoms with Crippen LogP contribution in [0.15, 0.2) is 42.6 Å². The van der Waals surface area contributed by atoms with Gasteiger partial charge in [0.25, 0.3) is 0 Å². The molecule has 2 saturated heterocycles. The molecule has 2 aliphatic rings. The highest BCUT2D eigenvalue weighted by Gasteiger charge is 2.34. The van der Waals surface area contributed by atoms with Crippen molar-refractivity contribution < 1.29 is 0 Å². The lowest BCUT2D eigenvalue weighted by atomic mass is 9.91. The zero-order chi connectivity index (χ0) is 20.5. The summed E-state index contributed by atoms with van der Waals surface area (Å²) in [6, 6.07) is 13.6. The van der Waals surface area contributed by atoms with Crippen LogP contribution < -0.4 is 5.32 Å². The maximum absolute atomic E-state index is 5.18. The third-order valence-electron chi connectivity index (χ3n) is 7.13. The maximum Gasteiger partial charge on any atom is 0.127 e. The number of piperidine rings is 2. The zero-order valence-corrected chi connectivity index (χ0v) is 18.2. The van der Waals surface area contributed by atoms with E-state index in [1.807, 2.05) is 12.3 Å². The van der Waals surface area contributed by atoms with E-state index in [2.05, 4.69) is 59.1 Å². The highest BCUT2D eigenvalue weighted by molar-refractivity contribution is 5.76. The molecule has 2 aromatic heterocycles. The van der Waals surface area contributed by atoms with Gasteiger partial charge in [0.05, 0.1) is 28.8 Å². The molecule has 0 amide bonds. The molecule has 4 heterocycles. The molecule has 158 valence electrons. The van der Waals surface area contributed by atoms with Crippen molar-refractivity contribution in [2.24, 2.45) is 5.92 Å². The van der Waals surface area contributed by atoms with Gasteiger partial charge in [-0.05, 0) is 88.8 Å². The minimum absolute atomic E-state index is 0.328. The number of nitrogens with zero attached hydrogens (tertiary/aromatic N) is 4. The first-order valence-electron chi connectivity index (χ1n) is 11.5. The Morgan fingerprint density at radius 2 is 1.90 bits per heavy atom. The molecule has 0 bridgehead atoms. The van der Waals surface area contributed by atoms with Crippen LogP contribution in [0.2, 0.25) is 0 Å². The lowest BCUT2D eigenvalue weighted by Crippen LogP contribution is -2.37. The summed E-state index contributed by atoms with van der Waals surface area (Å²) in [7, 11) is 2.27. The Morgan fingerprint density at radius 3 is 2.73 bits per heavy atom. The molecule has 1 unspecified atom stereocenters. The van der Waals surface area contributed by atoms with Gasteiger partial charge in [0, 0.05) is 12.7 Å². The fourth-order valence-electron chi connectivity index (χ4n) is 5.50. The SMILES string of the molecule is Cc1cccnc1[C@@H]1CCC[C@H](c2nc3ccccc3n2CC2CCCNC2)N1C. The first-order chi connectivity index (χ1) is 14.7. The van der Waals surface area contributed by atoms with Crippen LogP contribution in [0.25, 0.3) is 11.0 Å². The number of aryl methyl sites for hydroxylation is 1. The van der Waals surface area contributed by atoms with Crippen molar-refractivity contribution in [3.8, 4) is 0 Å². The van der Waals surface area contributed by atoms with E-state index in [1.54, 1.807) is 0 Å². The smallest absolute Gasteiger partial charge is 0.127 e. The van der Waals surface area contributed by atoms with E-state index in [-0.39, 0.29) is 0 Å². The van der Waals surface area contributed by atoms with Gasteiger partial charge in [-0.25, -0.2) is 4.98 Å². The largest absolute Gasteiger partial charge is 0.326 e. The molecule has 3 atom stereocenters. The van der Waals surface area contributed by atoms with E-state index in [0.717, 1.165) is 38.0 Å². The van der Waals surface area contributed by atoms with Crippen LogP contribution in [-0.4, -0.2) is 39.6 Å². The van der Waals surface area contributed by atoms with E-state index < -0.39 is 0 Å². The Labute approximate surface area is 179 Å². The average Bonchev–Trinajstić information content (AvgIpc) is 3.13.